The van der Waals surface area contributed by atoms with Crippen LogP contribution in [0.5, 0.6) is 0 Å². The Morgan fingerprint density at radius 3 is 2.82 bits per heavy atom. The van der Waals surface area contributed by atoms with Crippen LogP contribution in [0.25, 0.3) is 0 Å². The van der Waals surface area contributed by atoms with Crippen LogP contribution in [0.3, 0.4) is 0 Å². The highest BCUT2D eigenvalue weighted by atomic mass is 16.3. The summed E-state index contributed by atoms with van der Waals surface area (Å²) in [5.41, 5.74) is 1.25. The predicted octanol–water partition coefficient (Wildman–Crippen LogP) is 2.76. The lowest BCUT2D eigenvalue weighted by Gasteiger charge is -2.34. The number of nitrogens with zero attached hydrogens (tertiary/aromatic N) is 1. The maximum atomic E-state index is 5.60. The molecule has 0 spiro atoms. The van der Waals surface area contributed by atoms with Gasteiger partial charge in [0.15, 0.2) is 0 Å². The first-order chi connectivity index (χ1) is 8.15. The number of nitrogens with one attached hydrogen (secondary N) is 1. The second kappa shape index (κ2) is 5.69. The zero-order valence-corrected chi connectivity index (χ0v) is 11.2. The fraction of sp³-hybridized carbons (Fsp3) is 0.714. The molecule has 1 aromatic heterocycles. The minimum Gasteiger partial charge on any atom is -0.468 e. The quantitative estimate of drug-likeness (QED) is 0.823. The Labute approximate surface area is 104 Å². The monoisotopic (exact) mass is 236 g/mol. The van der Waals surface area contributed by atoms with Gasteiger partial charge in [0, 0.05) is 24.2 Å². The van der Waals surface area contributed by atoms with Crippen molar-refractivity contribution in [2.75, 3.05) is 7.05 Å². The van der Waals surface area contributed by atoms with Crippen LogP contribution < -0.4 is 5.32 Å². The van der Waals surface area contributed by atoms with E-state index < -0.39 is 0 Å². The molecule has 1 saturated carbocycles. The summed E-state index contributed by atoms with van der Waals surface area (Å²) < 4.78 is 5.60. The van der Waals surface area contributed by atoms with Crippen LogP contribution in [0, 0.1) is 0 Å². The van der Waals surface area contributed by atoms with Gasteiger partial charge in [0.1, 0.15) is 5.76 Å². The van der Waals surface area contributed by atoms with Crippen molar-refractivity contribution in [1.82, 2.24) is 10.2 Å². The Morgan fingerprint density at radius 1 is 1.47 bits per heavy atom. The normalized spacial score (nSPS) is 16.8. The van der Waals surface area contributed by atoms with Crippen LogP contribution in [0.1, 0.15) is 44.4 Å². The maximum absolute atomic E-state index is 5.60. The summed E-state index contributed by atoms with van der Waals surface area (Å²) >= 11 is 0. The number of hydrogen-bond donors (Lipinski definition) is 1. The van der Waals surface area contributed by atoms with Crippen molar-refractivity contribution < 1.29 is 4.42 Å². The van der Waals surface area contributed by atoms with Gasteiger partial charge in [-0.3, -0.25) is 4.90 Å². The van der Waals surface area contributed by atoms with Crippen molar-refractivity contribution in [3.63, 3.8) is 0 Å². The molecule has 1 fully saturated rings. The molecule has 3 nitrogen and oxygen atoms in total. The Hall–Kier alpha value is -0.800. The van der Waals surface area contributed by atoms with E-state index in [0.717, 1.165) is 24.9 Å². The Kier molecular flexibility index (Phi) is 4.24. The third-order valence-electron chi connectivity index (χ3n) is 3.53. The summed E-state index contributed by atoms with van der Waals surface area (Å²) in [6.45, 7) is 6.15. The van der Waals surface area contributed by atoms with Crippen LogP contribution in [0.2, 0.25) is 0 Å². The third kappa shape index (κ3) is 3.58. The predicted molar refractivity (Wildman–Crippen MR) is 69.8 cm³/mol. The summed E-state index contributed by atoms with van der Waals surface area (Å²) in [7, 11) is 2.19. The number of hydrogen-bond acceptors (Lipinski definition) is 3. The van der Waals surface area contributed by atoms with Gasteiger partial charge in [-0.2, -0.15) is 0 Å². The van der Waals surface area contributed by atoms with E-state index in [0.29, 0.717) is 6.04 Å². The molecule has 1 aromatic rings. The second-order valence-electron chi connectivity index (χ2n) is 5.46. The standard InChI is InChI=1S/C14H24N2O/c1-11(2)15-8-12-7-14(17-10-12)9-16(3)13-5-4-6-13/h7,10-11,13,15H,4-6,8-9H2,1-3H3. The Morgan fingerprint density at radius 2 is 2.24 bits per heavy atom. The van der Waals surface area contributed by atoms with Gasteiger partial charge < -0.3 is 9.73 Å². The van der Waals surface area contributed by atoms with Gasteiger partial charge in [-0.1, -0.05) is 20.3 Å². The summed E-state index contributed by atoms with van der Waals surface area (Å²) in [5, 5.41) is 3.40. The van der Waals surface area contributed by atoms with Gasteiger partial charge in [0.05, 0.1) is 12.8 Å². The molecule has 0 radical (unpaired) electrons. The van der Waals surface area contributed by atoms with E-state index >= 15 is 0 Å². The van der Waals surface area contributed by atoms with Gasteiger partial charge in [0.25, 0.3) is 0 Å². The van der Waals surface area contributed by atoms with Gasteiger partial charge in [-0.15, -0.1) is 0 Å². The minimum absolute atomic E-state index is 0.519. The smallest absolute Gasteiger partial charge is 0.118 e. The van der Waals surface area contributed by atoms with E-state index in [-0.39, 0.29) is 0 Å². The molecular formula is C14H24N2O. The van der Waals surface area contributed by atoms with E-state index in [2.05, 4.69) is 37.2 Å². The lowest BCUT2D eigenvalue weighted by molar-refractivity contribution is 0.143. The van der Waals surface area contributed by atoms with Crippen LogP contribution in [-0.4, -0.2) is 24.0 Å². The molecule has 0 aliphatic heterocycles. The molecule has 1 heterocycles. The summed E-state index contributed by atoms with van der Waals surface area (Å²) in [6.07, 6.45) is 5.95. The SMILES string of the molecule is CC(C)NCc1coc(CN(C)C2CCC2)c1. The van der Waals surface area contributed by atoms with E-state index in [1.807, 2.05) is 6.26 Å². The maximum Gasteiger partial charge on any atom is 0.118 e. The molecule has 17 heavy (non-hydrogen) atoms. The fourth-order valence-corrected chi connectivity index (χ4v) is 2.13. The van der Waals surface area contributed by atoms with Crippen molar-refractivity contribution in [2.24, 2.45) is 0 Å². The lowest BCUT2D eigenvalue weighted by atomic mass is 9.92. The zero-order chi connectivity index (χ0) is 12.3. The minimum atomic E-state index is 0.519. The lowest BCUT2D eigenvalue weighted by Crippen LogP contribution is -2.36. The van der Waals surface area contributed by atoms with Crippen molar-refractivity contribution in [3.05, 3.63) is 23.7 Å². The molecule has 0 bridgehead atoms. The molecule has 1 N–H and O–H groups in total. The zero-order valence-electron chi connectivity index (χ0n) is 11.2. The van der Waals surface area contributed by atoms with Gasteiger partial charge in [0.2, 0.25) is 0 Å². The topological polar surface area (TPSA) is 28.4 Å². The number of furan rings is 1. The first-order valence-electron chi connectivity index (χ1n) is 6.65. The highest BCUT2D eigenvalue weighted by Crippen LogP contribution is 2.25. The van der Waals surface area contributed by atoms with Gasteiger partial charge in [-0.05, 0) is 26.0 Å². The van der Waals surface area contributed by atoms with Gasteiger partial charge >= 0.3 is 0 Å². The molecule has 3 heteroatoms. The molecule has 0 atom stereocenters. The van der Waals surface area contributed by atoms with E-state index in [4.69, 9.17) is 4.42 Å². The average Bonchev–Trinajstić information content (AvgIpc) is 2.59. The molecule has 2 rings (SSSR count). The largest absolute Gasteiger partial charge is 0.468 e. The highest BCUT2D eigenvalue weighted by molar-refractivity contribution is 5.12. The third-order valence-corrected chi connectivity index (χ3v) is 3.53. The van der Waals surface area contributed by atoms with Gasteiger partial charge in [-0.25, -0.2) is 0 Å². The van der Waals surface area contributed by atoms with E-state index in [1.165, 1.54) is 24.8 Å². The summed E-state index contributed by atoms with van der Waals surface area (Å²) in [6, 6.07) is 3.47. The van der Waals surface area contributed by atoms with Crippen LogP contribution in [0.4, 0.5) is 0 Å². The highest BCUT2D eigenvalue weighted by Gasteiger charge is 2.22. The Bertz CT molecular complexity index is 342. The molecule has 0 aromatic carbocycles. The average molecular weight is 236 g/mol. The summed E-state index contributed by atoms with van der Waals surface area (Å²) in [4.78, 5) is 2.40. The van der Waals surface area contributed by atoms with Crippen LogP contribution in [0.15, 0.2) is 16.7 Å². The molecule has 0 saturated heterocycles. The molecular weight excluding hydrogens is 212 g/mol. The molecule has 0 unspecified atom stereocenters. The van der Waals surface area contributed by atoms with E-state index in [1.54, 1.807) is 0 Å². The fourth-order valence-electron chi connectivity index (χ4n) is 2.13. The van der Waals surface area contributed by atoms with Crippen molar-refractivity contribution in [2.45, 2.75) is 58.3 Å². The summed E-state index contributed by atoms with van der Waals surface area (Å²) in [5.74, 6) is 1.08. The van der Waals surface area contributed by atoms with Crippen molar-refractivity contribution in [1.29, 1.82) is 0 Å². The second-order valence-corrected chi connectivity index (χ2v) is 5.46. The Balaban J connectivity index is 1.80. The first kappa shape index (κ1) is 12.7. The molecule has 0 amide bonds. The van der Waals surface area contributed by atoms with Crippen LogP contribution in [-0.2, 0) is 13.1 Å². The molecule has 96 valence electrons. The van der Waals surface area contributed by atoms with Crippen molar-refractivity contribution >= 4 is 0 Å². The number of rotatable bonds is 6. The molecule has 1 aliphatic rings. The first-order valence-corrected chi connectivity index (χ1v) is 6.65. The molecule has 1 aliphatic carbocycles. The van der Waals surface area contributed by atoms with Crippen molar-refractivity contribution in [3.8, 4) is 0 Å². The van der Waals surface area contributed by atoms with Crippen LogP contribution >= 0.6 is 0 Å². The van der Waals surface area contributed by atoms with E-state index in [9.17, 15) is 0 Å².